The lowest BCUT2D eigenvalue weighted by Crippen LogP contribution is -2.24. The highest BCUT2D eigenvalue weighted by atomic mass is 79.9. The van der Waals surface area contributed by atoms with Crippen molar-refractivity contribution >= 4 is 43.4 Å². The minimum absolute atomic E-state index is 0.144. The van der Waals surface area contributed by atoms with E-state index in [-0.39, 0.29) is 28.1 Å². The van der Waals surface area contributed by atoms with E-state index in [9.17, 15) is 13.2 Å². The summed E-state index contributed by atoms with van der Waals surface area (Å²) in [6.07, 6.45) is 7.59. The quantitative estimate of drug-likeness (QED) is 0.479. The zero-order valence-corrected chi connectivity index (χ0v) is 19.5. The number of benzene rings is 1. The maximum atomic E-state index is 12.5. The molecule has 1 aliphatic rings. The molecular formula is C21H26BrNO4S2. The first-order chi connectivity index (χ1) is 13.9. The molecule has 29 heavy (non-hydrogen) atoms. The average Bonchev–Trinajstić information content (AvgIpc) is 3.16. The van der Waals surface area contributed by atoms with E-state index in [2.05, 4.69) is 21.2 Å². The smallest absolute Gasteiger partial charge is 0.286 e. The van der Waals surface area contributed by atoms with Gasteiger partial charge in [0.2, 0.25) is 0 Å². The minimum Gasteiger partial charge on any atom is -0.455 e. The van der Waals surface area contributed by atoms with Crippen molar-refractivity contribution in [2.24, 2.45) is 0 Å². The second-order valence-corrected chi connectivity index (χ2v) is 11.5. The summed E-state index contributed by atoms with van der Waals surface area (Å²) in [4.78, 5) is 12.5. The third-order valence-corrected chi connectivity index (χ3v) is 8.55. The zero-order valence-electron chi connectivity index (χ0n) is 16.2. The largest absolute Gasteiger partial charge is 0.455 e. The van der Waals surface area contributed by atoms with Crippen molar-refractivity contribution in [1.82, 2.24) is 5.32 Å². The number of thioether (sulfide) groups is 1. The molecule has 0 aliphatic heterocycles. The summed E-state index contributed by atoms with van der Waals surface area (Å²) < 4.78 is 31.3. The maximum absolute atomic E-state index is 12.5. The molecular weight excluding hydrogens is 474 g/mol. The summed E-state index contributed by atoms with van der Waals surface area (Å²) in [6, 6.07) is 9.52. The van der Waals surface area contributed by atoms with Crippen LogP contribution in [0.15, 0.2) is 50.2 Å². The number of hydrogen-bond acceptors (Lipinski definition) is 5. The van der Waals surface area contributed by atoms with E-state index in [4.69, 9.17) is 4.42 Å². The van der Waals surface area contributed by atoms with Gasteiger partial charge in [0, 0.05) is 16.3 Å². The van der Waals surface area contributed by atoms with Crippen molar-refractivity contribution in [2.45, 2.75) is 54.4 Å². The summed E-state index contributed by atoms with van der Waals surface area (Å²) in [5.74, 6) is 0.858. The SMILES string of the molecule is O=C(NCCCSC1CCCCC1)c1ccc(CS(=O)(=O)c2ccc(Br)cc2)o1. The fourth-order valence-electron chi connectivity index (χ4n) is 3.33. The Labute approximate surface area is 185 Å². The Hall–Kier alpha value is -1.25. The highest BCUT2D eigenvalue weighted by Gasteiger charge is 2.19. The molecule has 1 aliphatic carbocycles. The molecule has 0 radical (unpaired) electrons. The second kappa shape index (κ2) is 10.7. The number of nitrogens with one attached hydrogen (secondary N) is 1. The van der Waals surface area contributed by atoms with Crippen LogP contribution in [0.25, 0.3) is 0 Å². The molecule has 0 atom stereocenters. The van der Waals surface area contributed by atoms with Gasteiger partial charge in [-0.1, -0.05) is 35.2 Å². The van der Waals surface area contributed by atoms with Crippen LogP contribution in [0, 0.1) is 0 Å². The highest BCUT2D eigenvalue weighted by molar-refractivity contribution is 9.10. The Bertz CT molecular complexity index is 903. The van der Waals surface area contributed by atoms with E-state index in [0.29, 0.717) is 6.54 Å². The fraction of sp³-hybridized carbons (Fsp3) is 0.476. The lowest BCUT2D eigenvalue weighted by atomic mass is 10.0. The molecule has 0 bridgehead atoms. The van der Waals surface area contributed by atoms with E-state index < -0.39 is 9.84 Å². The molecule has 0 unspecified atom stereocenters. The van der Waals surface area contributed by atoms with Crippen molar-refractivity contribution in [2.75, 3.05) is 12.3 Å². The third-order valence-electron chi connectivity index (χ3n) is 4.90. The summed E-state index contributed by atoms with van der Waals surface area (Å²) in [7, 11) is -3.53. The van der Waals surface area contributed by atoms with Crippen molar-refractivity contribution in [1.29, 1.82) is 0 Å². The molecule has 2 aromatic rings. The van der Waals surface area contributed by atoms with Crippen LogP contribution in [0.3, 0.4) is 0 Å². The van der Waals surface area contributed by atoms with Crippen LogP contribution in [-0.2, 0) is 15.6 Å². The Kier molecular flexibility index (Phi) is 8.26. The fourth-order valence-corrected chi connectivity index (χ4v) is 6.16. The molecule has 1 N–H and O–H groups in total. The monoisotopic (exact) mass is 499 g/mol. The first-order valence-electron chi connectivity index (χ1n) is 9.91. The number of carbonyl (C=O) groups excluding carboxylic acids is 1. The number of furan rings is 1. The van der Waals surface area contributed by atoms with Gasteiger partial charge in [-0.25, -0.2) is 8.42 Å². The number of carbonyl (C=O) groups is 1. The lowest BCUT2D eigenvalue weighted by Gasteiger charge is -2.20. The van der Waals surface area contributed by atoms with Gasteiger partial charge >= 0.3 is 0 Å². The van der Waals surface area contributed by atoms with E-state index in [0.717, 1.165) is 21.9 Å². The van der Waals surface area contributed by atoms with Crippen LogP contribution >= 0.6 is 27.7 Å². The van der Waals surface area contributed by atoms with Crippen LogP contribution < -0.4 is 5.32 Å². The first-order valence-corrected chi connectivity index (χ1v) is 13.4. The van der Waals surface area contributed by atoms with E-state index in [1.54, 1.807) is 30.3 Å². The van der Waals surface area contributed by atoms with Crippen LogP contribution in [-0.4, -0.2) is 31.9 Å². The topological polar surface area (TPSA) is 76.4 Å². The first kappa shape index (κ1) is 22.4. The minimum atomic E-state index is -3.53. The molecule has 1 fully saturated rings. The van der Waals surface area contributed by atoms with E-state index >= 15 is 0 Å². The maximum Gasteiger partial charge on any atom is 0.286 e. The summed E-state index contributed by atoms with van der Waals surface area (Å²) in [5.41, 5.74) is 0. The number of sulfone groups is 1. The Balaban J connectivity index is 1.44. The van der Waals surface area contributed by atoms with Gasteiger partial charge in [-0.3, -0.25) is 4.79 Å². The number of rotatable bonds is 9. The van der Waals surface area contributed by atoms with Crippen LogP contribution in [0.1, 0.15) is 54.8 Å². The van der Waals surface area contributed by atoms with Crippen molar-refractivity contribution in [3.05, 3.63) is 52.4 Å². The molecule has 8 heteroatoms. The summed E-state index contributed by atoms with van der Waals surface area (Å²) >= 11 is 5.30. The van der Waals surface area contributed by atoms with Crippen molar-refractivity contribution < 1.29 is 17.6 Å². The van der Waals surface area contributed by atoms with Crippen molar-refractivity contribution in [3.63, 3.8) is 0 Å². The van der Waals surface area contributed by atoms with Gasteiger partial charge in [-0.15, -0.1) is 0 Å². The van der Waals surface area contributed by atoms with Crippen LogP contribution in [0.4, 0.5) is 0 Å². The molecule has 1 aromatic heterocycles. The molecule has 1 aromatic carbocycles. The molecule has 3 rings (SSSR count). The highest BCUT2D eigenvalue weighted by Crippen LogP contribution is 2.28. The summed E-state index contributed by atoms with van der Waals surface area (Å²) in [5, 5.41) is 3.63. The van der Waals surface area contributed by atoms with Gasteiger partial charge in [0.15, 0.2) is 15.6 Å². The number of amides is 1. The number of hydrogen-bond donors (Lipinski definition) is 1. The molecule has 0 saturated heterocycles. The van der Waals surface area contributed by atoms with Gasteiger partial charge in [-0.2, -0.15) is 11.8 Å². The van der Waals surface area contributed by atoms with Crippen molar-refractivity contribution in [3.8, 4) is 0 Å². The molecule has 1 heterocycles. The third kappa shape index (κ3) is 6.89. The summed E-state index contributed by atoms with van der Waals surface area (Å²) in [6.45, 7) is 0.589. The normalized spacial score (nSPS) is 15.3. The Morgan fingerprint density at radius 1 is 1.10 bits per heavy atom. The predicted octanol–water partition coefficient (Wildman–Crippen LogP) is 5.20. The van der Waals surface area contributed by atoms with Crippen LogP contribution in [0.2, 0.25) is 0 Å². The van der Waals surface area contributed by atoms with E-state index in [1.165, 1.54) is 38.2 Å². The van der Waals surface area contributed by atoms with Gasteiger partial charge in [-0.05, 0) is 61.4 Å². The molecule has 1 amide bonds. The molecule has 1 saturated carbocycles. The Morgan fingerprint density at radius 3 is 2.55 bits per heavy atom. The average molecular weight is 500 g/mol. The molecule has 158 valence electrons. The van der Waals surface area contributed by atoms with Crippen LogP contribution in [0.5, 0.6) is 0 Å². The predicted molar refractivity (Wildman–Crippen MR) is 120 cm³/mol. The van der Waals surface area contributed by atoms with E-state index in [1.807, 2.05) is 11.8 Å². The molecule has 0 spiro atoms. The van der Waals surface area contributed by atoms with Gasteiger partial charge in [0.05, 0.1) is 4.90 Å². The number of halogens is 1. The standard InChI is InChI=1S/C21H26BrNO4S2/c22-16-7-10-19(11-8-16)29(25,26)15-17-9-12-20(27-17)21(24)23-13-4-14-28-18-5-2-1-3-6-18/h7-12,18H,1-6,13-15H2,(H,23,24). The van der Waals surface area contributed by atoms with Gasteiger partial charge < -0.3 is 9.73 Å². The lowest BCUT2D eigenvalue weighted by molar-refractivity contribution is 0.0924. The van der Waals surface area contributed by atoms with Gasteiger partial charge in [0.1, 0.15) is 11.5 Å². The Morgan fingerprint density at radius 2 is 1.83 bits per heavy atom. The van der Waals surface area contributed by atoms with Gasteiger partial charge in [0.25, 0.3) is 5.91 Å². The molecule has 5 nitrogen and oxygen atoms in total. The zero-order chi connectivity index (χ0) is 20.7. The second-order valence-electron chi connectivity index (χ2n) is 7.22.